The Bertz CT molecular complexity index is 319. The third-order valence-corrected chi connectivity index (χ3v) is 1.24. The smallest absolute Gasteiger partial charge is 0.314 e. The highest BCUT2D eigenvalue weighted by atomic mass is 31.1. The van der Waals surface area contributed by atoms with Crippen molar-refractivity contribution >= 4 is 13.9 Å². The lowest BCUT2D eigenvalue weighted by molar-refractivity contribution is -0.384. The largest absolute Gasteiger partial charge is 0.326 e. The Morgan fingerprint density at radius 3 is 1.93 bits per heavy atom. The van der Waals surface area contributed by atoms with E-state index >= 15 is 0 Å². The predicted octanol–water partition coefficient (Wildman–Crippen LogP) is 1.26. The second-order valence-electron chi connectivity index (χ2n) is 2.38. The number of non-ortho nitro benzene ring substituents is 1. The third-order valence-electron chi connectivity index (χ3n) is 1.24. The summed E-state index contributed by atoms with van der Waals surface area (Å²) in [5.41, 5.74) is 1.18. The Morgan fingerprint density at radius 2 is 1.64 bits per heavy atom. The lowest BCUT2D eigenvalue weighted by Crippen LogP contribution is -1.86. The van der Waals surface area contributed by atoms with Crippen LogP contribution in [0.2, 0.25) is 0 Å². The molecule has 78 valence electrons. The molecular weight excluding hydrogens is 209 g/mol. The maximum Gasteiger partial charge on any atom is 0.314 e. The Morgan fingerprint density at radius 1 is 1.29 bits per heavy atom. The van der Waals surface area contributed by atoms with Crippen LogP contribution >= 0.6 is 8.25 Å². The van der Waals surface area contributed by atoms with Crippen LogP contribution in [0.5, 0.6) is 0 Å². The van der Waals surface area contributed by atoms with Crippen molar-refractivity contribution in [3.8, 4) is 0 Å². The topological polar surface area (TPSA) is 101 Å². The number of benzene rings is 1. The van der Waals surface area contributed by atoms with Gasteiger partial charge in [0, 0.05) is 12.1 Å². The van der Waals surface area contributed by atoms with Gasteiger partial charge in [-0.2, -0.15) is 0 Å². The zero-order valence-corrected chi connectivity index (χ0v) is 8.38. The molecule has 0 aliphatic rings. The first-order chi connectivity index (χ1) is 6.43. The van der Waals surface area contributed by atoms with Crippen LogP contribution in [0.15, 0.2) is 24.3 Å². The van der Waals surface area contributed by atoms with Gasteiger partial charge in [0.25, 0.3) is 5.69 Å². The van der Waals surface area contributed by atoms with Gasteiger partial charge in [-0.1, -0.05) is 17.7 Å². The van der Waals surface area contributed by atoms with Crippen LogP contribution < -0.4 is 0 Å². The Balaban J connectivity index is 0.000000364. The van der Waals surface area contributed by atoms with E-state index in [1.54, 1.807) is 12.1 Å². The summed E-state index contributed by atoms with van der Waals surface area (Å²) in [6.07, 6.45) is 0. The summed E-state index contributed by atoms with van der Waals surface area (Å²) in [4.78, 5) is 24.0. The minimum Gasteiger partial charge on any atom is -0.326 e. The monoisotopic (exact) mass is 219 g/mol. The summed E-state index contributed by atoms with van der Waals surface area (Å²) in [6.45, 7) is 1.89. The number of hydrogen-bond donors (Lipinski definition) is 2. The highest BCUT2D eigenvalue weighted by molar-refractivity contribution is 7.30. The van der Waals surface area contributed by atoms with Gasteiger partial charge in [-0.25, -0.2) is 0 Å². The molecule has 0 spiro atoms. The normalized spacial score (nSPS) is 9.14. The number of hydrogen-bond acceptors (Lipinski definition) is 3. The predicted molar refractivity (Wildman–Crippen MR) is 51.3 cm³/mol. The molecular formula is C7H10NO5P. The summed E-state index contributed by atoms with van der Waals surface area (Å²) in [5, 5.41) is 10.1. The fraction of sp³-hybridized carbons (Fsp3) is 0.143. The van der Waals surface area contributed by atoms with E-state index in [2.05, 4.69) is 0 Å². The van der Waals surface area contributed by atoms with Crippen molar-refractivity contribution in [3.05, 3.63) is 39.9 Å². The minimum absolute atomic E-state index is 0.144. The van der Waals surface area contributed by atoms with Crippen LogP contribution in [0.1, 0.15) is 5.56 Å². The lowest BCUT2D eigenvalue weighted by Gasteiger charge is -1.90. The molecule has 0 aliphatic carbocycles. The molecule has 0 amide bonds. The lowest BCUT2D eigenvalue weighted by atomic mass is 10.2. The second kappa shape index (κ2) is 6.26. The molecule has 1 aromatic rings. The van der Waals surface area contributed by atoms with Crippen molar-refractivity contribution in [2.75, 3.05) is 0 Å². The SMILES string of the molecule is Cc1ccc([N+](=O)[O-])cc1.O=[PH](O)O. The summed E-state index contributed by atoms with van der Waals surface area (Å²) in [7, 11) is -3.13. The molecule has 0 unspecified atom stereocenters. The second-order valence-corrected chi connectivity index (χ2v) is 2.94. The average Bonchev–Trinajstić information content (AvgIpc) is 2.03. The Hall–Kier alpha value is -1.23. The van der Waals surface area contributed by atoms with E-state index in [-0.39, 0.29) is 5.69 Å². The molecule has 0 aliphatic heterocycles. The van der Waals surface area contributed by atoms with Crippen molar-refractivity contribution in [1.82, 2.24) is 0 Å². The maximum atomic E-state index is 10.1. The van der Waals surface area contributed by atoms with Crippen LogP contribution in [0.3, 0.4) is 0 Å². The van der Waals surface area contributed by atoms with E-state index in [0.29, 0.717) is 0 Å². The molecule has 0 aromatic heterocycles. The molecule has 1 aromatic carbocycles. The molecule has 0 radical (unpaired) electrons. The standard InChI is InChI=1S/C7H7NO2.H3O3P/c1-6-2-4-7(5-3-6)8(9)10;1-4(2)3/h2-5H,1H3;4H,(H2,1,2,3). The van der Waals surface area contributed by atoms with Crippen molar-refractivity contribution in [2.24, 2.45) is 0 Å². The van der Waals surface area contributed by atoms with E-state index in [1.165, 1.54) is 12.1 Å². The van der Waals surface area contributed by atoms with Gasteiger partial charge < -0.3 is 9.79 Å². The van der Waals surface area contributed by atoms with Gasteiger partial charge in [0.2, 0.25) is 0 Å². The van der Waals surface area contributed by atoms with E-state index in [9.17, 15) is 10.1 Å². The van der Waals surface area contributed by atoms with E-state index in [1.807, 2.05) is 6.92 Å². The molecule has 0 bridgehead atoms. The molecule has 1 rings (SSSR count). The summed E-state index contributed by atoms with van der Waals surface area (Å²) in [6, 6.07) is 6.43. The van der Waals surface area contributed by atoms with Gasteiger partial charge in [-0.3, -0.25) is 14.7 Å². The Kier molecular flexibility index (Phi) is 5.71. The molecule has 0 saturated heterocycles. The minimum atomic E-state index is -3.13. The molecule has 6 nitrogen and oxygen atoms in total. The fourth-order valence-corrected chi connectivity index (χ4v) is 0.666. The number of rotatable bonds is 1. The molecule has 0 atom stereocenters. The van der Waals surface area contributed by atoms with Crippen LogP contribution in [0, 0.1) is 17.0 Å². The van der Waals surface area contributed by atoms with Crippen molar-refractivity contribution in [3.63, 3.8) is 0 Å². The summed E-state index contributed by atoms with van der Waals surface area (Å²) < 4.78 is 8.74. The number of aryl methyl sites for hydroxylation is 1. The number of nitrogens with zero attached hydrogens (tertiary/aromatic N) is 1. The van der Waals surface area contributed by atoms with Gasteiger partial charge in [0.1, 0.15) is 0 Å². The molecule has 0 heterocycles. The Labute approximate surface area is 80.9 Å². The first-order valence-corrected chi connectivity index (χ1v) is 4.86. The maximum absolute atomic E-state index is 10.1. The van der Waals surface area contributed by atoms with E-state index < -0.39 is 13.2 Å². The van der Waals surface area contributed by atoms with E-state index in [4.69, 9.17) is 14.4 Å². The first kappa shape index (κ1) is 12.8. The average molecular weight is 219 g/mol. The summed E-state index contributed by atoms with van der Waals surface area (Å²) >= 11 is 0. The number of nitro groups is 1. The summed E-state index contributed by atoms with van der Waals surface area (Å²) in [5.74, 6) is 0. The number of nitro benzene ring substituents is 1. The quantitative estimate of drug-likeness (QED) is 0.420. The van der Waals surface area contributed by atoms with Crippen LogP contribution in [-0.2, 0) is 4.57 Å². The first-order valence-electron chi connectivity index (χ1n) is 3.56. The molecule has 2 N–H and O–H groups in total. The van der Waals surface area contributed by atoms with Crippen LogP contribution in [0.4, 0.5) is 5.69 Å². The fourth-order valence-electron chi connectivity index (χ4n) is 0.666. The zero-order chi connectivity index (χ0) is 11.1. The van der Waals surface area contributed by atoms with Crippen molar-refractivity contribution < 1.29 is 19.3 Å². The molecule has 14 heavy (non-hydrogen) atoms. The highest BCUT2D eigenvalue weighted by Crippen LogP contribution is 2.10. The van der Waals surface area contributed by atoms with Gasteiger partial charge >= 0.3 is 8.25 Å². The van der Waals surface area contributed by atoms with Gasteiger partial charge in [-0.15, -0.1) is 0 Å². The van der Waals surface area contributed by atoms with Gasteiger partial charge in [-0.05, 0) is 6.92 Å². The zero-order valence-electron chi connectivity index (χ0n) is 7.38. The van der Waals surface area contributed by atoms with Crippen molar-refractivity contribution in [2.45, 2.75) is 6.92 Å². The third kappa shape index (κ3) is 6.30. The molecule has 0 fully saturated rings. The highest BCUT2D eigenvalue weighted by Gasteiger charge is 2.00. The van der Waals surface area contributed by atoms with Crippen LogP contribution in [0.25, 0.3) is 0 Å². The van der Waals surface area contributed by atoms with Crippen LogP contribution in [-0.4, -0.2) is 14.7 Å². The van der Waals surface area contributed by atoms with Crippen molar-refractivity contribution in [1.29, 1.82) is 0 Å². The van der Waals surface area contributed by atoms with Gasteiger partial charge in [0.05, 0.1) is 4.92 Å². The van der Waals surface area contributed by atoms with E-state index in [0.717, 1.165) is 5.56 Å². The molecule has 0 saturated carbocycles. The van der Waals surface area contributed by atoms with Gasteiger partial charge in [0.15, 0.2) is 0 Å². The molecule has 7 heteroatoms.